The van der Waals surface area contributed by atoms with Crippen molar-refractivity contribution in [2.24, 2.45) is 0 Å². The van der Waals surface area contributed by atoms with Crippen LogP contribution in [0.3, 0.4) is 0 Å². The van der Waals surface area contributed by atoms with Gasteiger partial charge >= 0.3 is 0 Å². The molecule has 1 aromatic carbocycles. The maximum Gasteiger partial charge on any atom is 0.253 e. The molecule has 0 radical (unpaired) electrons. The van der Waals surface area contributed by atoms with Crippen molar-refractivity contribution in [2.75, 3.05) is 32.5 Å². The second kappa shape index (κ2) is 6.51. The van der Waals surface area contributed by atoms with E-state index in [0.29, 0.717) is 43.8 Å². The Morgan fingerprint density at radius 2 is 2.00 bits per heavy atom. The van der Waals surface area contributed by atoms with E-state index in [1.54, 1.807) is 29.2 Å². The van der Waals surface area contributed by atoms with Crippen molar-refractivity contribution in [1.82, 2.24) is 9.21 Å². The molecule has 2 aliphatic rings. The number of morpholine rings is 1. The van der Waals surface area contributed by atoms with Gasteiger partial charge in [0.15, 0.2) is 0 Å². The molecule has 2 atom stereocenters. The smallest absolute Gasteiger partial charge is 0.253 e. The first-order chi connectivity index (χ1) is 11.4. The summed E-state index contributed by atoms with van der Waals surface area (Å²) in [7, 11) is -3.34. The molecule has 2 fully saturated rings. The van der Waals surface area contributed by atoms with Gasteiger partial charge in [-0.05, 0) is 30.7 Å². The van der Waals surface area contributed by atoms with Gasteiger partial charge in [0.25, 0.3) is 5.91 Å². The summed E-state index contributed by atoms with van der Waals surface area (Å²) < 4.78 is 31.1. The zero-order chi connectivity index (χ0) is 17.3. The molecule has 8 heteroatoms. The number of hydrogen-bond acceptors (Lipinski definition) is 5. The summed E-state index contributed by atoms with van der Waals surface area (Å²) in [5, 5.41) is 8.83. The van der Waals surface area contributed by atoms with Crippen LogP contribution in [0.2, 0.25) is 0 Å². The molecule has 0 spiro atoms. The van der Waals surface area contributed by atoms with E-state index in [0.717, 1.165) is 0 Å². The molecule has 2 saturated heterocycles. The van der Waals surface area contributed by atoms with Crippen LogP contribution in [-0.2, 0) is 14.8 Å². The molecule has 128 valence electrons. The standard InChI is InChI=1S/C16H19N3O4S/c1-24(21,22)19-8-9-23-15-6-7-18(11-14(15)19)16(20)13-4-2-12(10-17)3-5-13/h2-5,14-15H,6-9,11H2,1H3/t14-,15-/m0/s1. The summed E-state index contributed by atoms with van der Waals surface area (Å²) in [6.45, 7) is 1.55. The van der Waals surface area contributed by atoms with Gasteiger partial charge in [0.2, 0.25) is 10.0 Å². The first-order valence-corrected chi connectivity index (χ1v) is 9.63. The number of likely N-dealkylation sites (tertiary alicyclic amines) is 1. The molecule has 0 unspecified atom stereocenters. The lowest BCUT2D eigenvalue weighted by molar-refractivity contribution is -0.0704. The normalized spacial score (nSPS) is 24.9. The van der Waals surface area contributed by atoms with E-state index in [-0.39, 0.29) is 18.1 Å². The predicted octanol–water partition coefficient (Wildman–Crippen LogP) is 0.433. The van der Waals surface area contributed by atoms with Crippen molar-refractivity contribution in [3.05, 3.63) is 35.4 Å². The van der Waals surface area contributed by atoms with E-state index in [1.807, 2.05) is 6.07 Å². The van der Waals surface area contributed by atoms with Crippen LogP contribution in [0.4, 0.5) is 0 Å². The third-order valence-corrected chi connectivity index (χ3v) is 5.81. The van der Waals surface area contributed by atoms with Crippen LogP contribution < -0.4 is 0 Å². The van der Waals surface area contributed by atoms with Gasteiger partial charge in [0.1, 0.15) is 0 Å². The first kappa shape index (κ1) is 16.9. The van der Waals surface area contributed by atoms with Crippen molar-refractivity contribution in [2.45, 2.75) is 18.6 Å². The second-order valence-corrected chi connectivity index (χ2v) is 8.01. The zero-order valence-electron chi connectivity index (χ0n) is 13.4. The van der Waals surface area contributed by atoms with Gasteiger partial charge in [-0.25, -0.2) is 8.42 Å². The average molecular weight is 349 g/mol. The topological polar surface area (TPSA) is 90.7 Å². The molecule has 7 nitrogen and oxygen atoms in total. The van der Waals surface area contributed by atoms with Gasteiger partial charge in [-0.15, -0.1) is 0 Å². The number of carbonyl (C=O) groups excluding carboxylic acids is 1. The van der Waals surface area contributed by atoms with Crippen LogP contribution in [0.15, 0.2) is 24.3 Å². The fourth-order valence-electron chi connectivity index (χ4n) is 3.31. The maximum atomic E-state index is 12.7. The maximum absolute atomic E-state index is 12.7. The highest BCUT2D eigenvalue weighted by molar-refractivity contribution is 7.88. The Kier molecular flexibility index (Phi) is 4.58. The fourth-order valence-corrected chi connectivity index (χ4v) is 4.41. The van der Waals surface area contributed by atoms with Gasteiger partial charge in [-0.2, -0.15) is 9.57 Å². The lowest BCUT2D eigenvalue weighted by Gasteiger charge is -2.45. The van der Waals surface area contributed by atoms with E-state index in [2.05, 4.69) is 0 Å². The minimum absolute atomic E-state index is 0.156. The molecular formula is C16H19N3O4S. The van der Waals surface area contributed by atoms with Gasteiger partial charge in [0.05, 0.1) is 36.6 Å². The van der Waals surface area contributed by atoms with Crippen LogP contribution in [0.25, 0.3) is 0 Å². The van der Waals surface area contributed by atoms with E-state index in [9.17, 15) is 13.2 Å². The van der Waals surface area contributed by atoms with Gasteiger partial charge < -0.3 is 9.64 Å². The number of benzene rings is 1. The summed E-state index contributed by atoms with van der Waals surface area (Å²) in [5.41, 5.74) is 0.990. The molecule has 0 N–H and O–H groups in total. The fraction of sp³-hybridized carbons (Fsp3) is 0.500. The Balaban J connectivity index is 1.78. The average Bonchev–Trinajstić information content (AvgIpc) is 2.59. The molecule has 0 bridgehead atoms. The summed E-state index contributed by atoms with van der Waals surface area (Å²) in [5.74, 6) is -0.156. The highest BCUT2D eigenvalue weighted by atomic mass is 32.2. The third kappa shape index (κ3) is 3.29. The van der Waals surface area contributed by atoms with E-state index in [4.69, 9.17) is 10.00 Å². The van der Waals surface area contributed by atoms with Crippen molar-refractivity contribution in [3.63, 3.8) is 0 Å². The Bertz CT molecular complexity index is 770. The number of nitriles is 1. The molecule has 2 aliphatic heterocycles. The summed E-state index contributed by atoms with van der Waals surface area (Å²) >= 11 is 0. The quantitative estimate of drug-likeness (QED) is 0.772. The van der Waals surface area contributed by atoms with Crippen molar-refractivity contribution in [3.8, 4) is 6.07 Å². The number of piperidine rings is 1. The number of fused-ring (bicyclic) bond motifs is 1. The second-order valence-electron chi connectivity index (χ2n) is 6.08. The number of ether oxygens (including phenoxy) is 1. The Hall–Kier alpha value is -1.95. The third-order valence-electron chi connectivity index (χ3n) is 4.51. The molecule has 0 aromatic heterocycles. The molecule has 1 aromatic rings. The van der Waals surface area contributed by atoms with Gasteiger partial charge in [0, 0.05) is 25.2 Å². The molecule has 24 heavy (non-hydrogen) atoms. The largest absolute Gasteiger partial charge is 0.375 e. The molecule has 2 heterocycles. The van der Waals surface area contributed by atoms with E-state index < -0.39 is 10.0 Å². The molecule has 0 aliphatic carbocycles. The lowest BCUT2D eigenvalue weighted by Crippen LogP contribution is -2.61. The number of nitrogens with zero attached hydrogens (tertiary/aromatic N) is 3. The van der Waals surface area contributed by atoms with Gasteiger partial charge in [-0.3, -0.25) is 4.79 Å². The first-order valence-electron chi connectivity index (χ1n) is 7.78. The minimum Gasteiger partial charge on any atom is -0.375 e. The zero-order valence-corrected chi connectivity index (χ0v) is 14.2. The Morgan fingerprint density at radius 3 is 2.62 bits per heavy atom. The van der Waals surface area contributed by atoms with Crippen molar-refractivity contribution < 1.29 is 17.9 Å². The number of carbonyl (C=O) groups is 1. The van der Waals surface area contributed by atoms with Gasteiger partial charge in [-0.1, -0.05) is 0 Å². The van der Waals surface area contributed by atoms with E-state index in [1.165, 1.54) is 10.6 Å². The summed E-state index contributed by atoms with van der Waals surface area (Å²) in [6.07, 6.45) is 1.63. The van der Waals surface area contributed by atoms with Crippen LogP contribution in [0.1, 0.15) is 22.3 Å². The minimum atomic E-state index is -3.34. The highest BCUT2D eigenvalue weighted by Crippen LogP contribution is 2.26. The Morgan fingerprint density at radius 1 is 1.29 bits per heavy atom. The number of hydrogen-bond donors (Lipinski definition) is 0. The highest BCUT2D eigenvalue weighted by Gasteiger charge is 2.42. The molecule has 3 rings (SSSR count). The molecule has 1 amide bonds. The Labute approximate surface area is 141 Å². The van der Waals surface area contributed by atoms with Crippen LogP contribution in [0, 0.1) is 11.3 Å². The van der Waals surface area contributed by atoms with Crippen molar-refractivity contribution in [1.29, 1.82) is 5.26 Å². The van der Waals surface area contributed by atoms with Crippen LogP contribution in [-0.4, -0.2) is 68.2 Å². The van der Waals surface area contributed by atoms with Crippen molar-refractivity contribution >= 4 is 15.9 Å². The molecule has 0 saturated carbocycles. The summed E-state index contributed by atoms with van der Waals surface area (Å²) in [6, 6.07) is 8.13. The van der Waals surface area contributed by atoms with Crippen LogP contribution in [0.5, 0.6) is 0 Å². The van der Waals surface area contributed by atoms with Crippen LogP contribution >= 0.6 is 0 Å². The SMILES string of the molecule is CS(=O)(=O)N1CCO[C@H]2CCN(C(=O)c3ccc(C#N)cc3)C[C@@H]21. The monoisotopic (exact) mass is 349 g/mol. The number of rotatable bonds is 2. The summed E-state index contributed by atoms with van der Waals surface area (Å²) in [4.78, 5) is 14.3. The molecular weight excluding hydrogens is 330 g/mol. The predicted molar refractivity (Wildman–Crippen MR) is 86.8 cm³/mol. The number of amides is 1. The van der Waals surface area contributed by atoms with E-state index >= 15 is 0 Å². The number of sulfonamides is 1. The lowest BCUT2D eigenvalue weighted by atomic mass is 9.99.